The molecule has 4 rings (SSSR count). The van der Waals surface area contributed by atoms with E-state index in [0.29, 0.717) is 49.4 Å². The third-order valence-electron chi connectivity index (χ3n) is 4.98. The molecule has 1 aromatic heterocycles. The van der Waals surface area contributed by atoms with Crippen molar-refractivity contribution in [1.29, 1.82) is 0 Å². The molecule has 1 saturated heterocycles. The predicted octanol–water partition coefficient (Wildman–Crippen LogP) is 3.49. The molecule has 0 bridgehead atoms. The van der Waals surface area contributed by atoms with Gasteiger partial charge >= 0.3 is 0 Å². The van der Waals surface area contributed by atoms with Crippen molar-refractivity contribution >= 4 is 21.8 Å². The molecule has 1 fully saturated rings. The highest BCUT2D eigenvalue weighted by atomic mass is 32.2. The molecule has 32 heavy (non-hydrogen) atoms. The quantitative estimate of drug-likeness (QED) is 0.343. The van der Waals surface area contributed by atoms with Crippen LogP contribution in [-0.2, 0) is 21.2 Å². The number of hydrogen-bond donors (Lipinski definition) is 0. The molecule has 0 saturated carbocycles. The summed E-state index contributed by atoms with van der Waals surface area (Å²) in [6.45, 7) is 4.10. The highest BCUT2D eigenvalue weighted by Gasteiger charge is 2.26. The van der Waals surface area contributed by atoms with Crippen LogP contribution in [-0.4, -0.2) is 61.6 Å². The van der Waals surface area contributed by atoms with Gasteiger partial charge in [-0.25, -0.2) is 8.42 Å². The number of aryl methyl sites for hydroxylation is 1. The Morgan fingerprint density at radius 2 is 1.91 bits per heavy atom. The summed E-state index contributed by atoms with van der Waals surface area (Å²) >= 11 is 1.39. The van der Waals surface area contributed by atoms with Crippen LogP contribution in [0.5, 0.6) is 5.75 Å². The van der Waals surface area contributed by atoms with Crippen molar-refractivity contribution in [2.45, 2.75) is 23.5 Å². The summed E-state index contributed by atoms with van der Waals surface area (Å²) in [6, 6.07) is 14.6. The maximum absolute atomic E-state index is 12.9. The summed E-state index contributed by atoms with van der Waals surface area (Å²) in [5.41, 5.74) is 1.79. The van der Waals surface area contributed by atoms with E-state index in [1.165, 1.54) is 21.6 Å². The van der Waals surface area contributed by atoms with Crippen molar-refractivity contribution in [3.63, 3.8) is 0 Å². The fourth-order valence-electron chi connectivity index (χ4n) is 3.25. The zero-order valence-electron chi connectivity index (χ0n) is 17.8. The molecule has 8 nitrogen and oxygen atoms in total. The van der Waals surface area contributed by atoms with Gasteiger partial charge in [0.25, 0.3) is 5.22 Å². The van der Waals surface area contributed by atoms with E-state index in [1.807, 2.05) is 18.2 Å². The fraction of sp³-hybridized carbons (Fsp3) is 0.364. The van der Waals surface area contributed by atoms with Crippen LogP contribution in [0.25, 0.3) is 11.5 Å². The van der Waals surface area contributed by atoms with Crippen LogP contribution >= 0.6 is 11.8 Å². The molecule has 0 radical (unpaired) electrons. The van der Waals surface area contributed by atoms with E-state index in [0.717, 1.165) is 12.2 Å². The monoisotopic (exact) mass is 475 g/mol. The van der Waals surface area contributed by atoms with Gasteiger partial charge < -0.3 is 13.9 Å². The van der Waals surface area contributed by atoms with E-state index < -0.39 is 10.0 Å². The van der Waals surface area contributed by atoms with Crippen molar-refractivity contribution in [3.8, 4) is 17.2 Å². The van der Waals surface area contributed by atoms with Crippen molar-refractivity contribution in [2.24, 2.45) is 0 Å². The van der Waals surface area contributed by atoms with Gasteiger partial charge in [0, 0.05) is 24.4 Å². The van der Waals surface area contributed by atoms with E-state index in [2.05, 4.69) is 23.2 Å². The van der Waals surface area contributed by atoms with E-state index in [-0.39, 0.29) is 10.8 Å². The Labute approximate surface area is 192 Å². The molecule has 1 aliphatic rings. The van der Waals surface area contributed by atoms with Gasteiger partial charge in [-0.2, -0.15) is 4.31 Å². The molecule has 0 N–H and O–H groups in total. The van der Waals surface area contributed by atoms with Crippen molar-refractivity contribution < 1.29 is 22.3 Å². The Bertz CT molecular complexity index is 1140. The van der Waals surface area contributed by atoms with Crippen molar-refractivity contribution in [2.75, 3.05) is 38.7 Å². The lowest BCUT2D eigenvalue weighted by Gasteiger charge is -2.26. The van der Waals surface area contributed by atoms with Gasteiger partial charge in [-0.15, -0.1) is 10.2 Å². The minimum absolute atomic E-state index is 0.201. The molecule has 10 heteroatoms. The average molecular weight is 476 g/mol. The molecular formula is C22H25N3O5S2. The number of benzene rings is 2. The second-order valence-electron chi connectivity index (χ2n) is 7.12. The minimum Gasteiger partial charge on any atom is -0.493 e. The summed E-state index contributed by atoms with van der Waals surface area (Å²) in [7, 11) is -3.59. The normalized spacial score (nSPS) is 15.0. The van der Waals surface area contributed by atoms with Crippen LogP contribution in [0.3, 0.4) is 0 Å². The summed E-state index contributed by atoms with van der Waals surface area (Å²) in [5, 5.41) is 8.55. The molecule has 1 aliphatic heterocycles. The second-order valence-corrected chi connectivity index (χ2v) is 10.1. The van der Waals surface area contributed by atoms with Crippen LogP contribution in [0, 0.1) is 0 Å². The second kappa shape index (κ2) is 10.5. The molecule has 0 aliphatic carbocycles. The van der Waals surface area contributed by atoms with Gasteiger partial charge in [0.2, 0.25) is 15.9 Å². The summed E-state index contributed by atoms with van der Waals surface area (Å²) in [5.74, 6) is 1.77. The molecule has 2 heterocycles. The molecular weight excluding hydrogens is 450 g/mol. The Morgan fingerprint density at radius 3 is 2.72 bits per heavy atom. The first-order valence-electron chi connectivity index (χ1n) is 10.4. The van der Waals surface area contributed by atoms with Gasteiger partial charge in [-0.1, -0.05) is 36.9 Å². The van der Waals surface area contributed by atoms with Gasteiger partial charge in [-0.3, -0.25) is 0 Å². The maximum atomic E-state index is 12.9. The largest absolute Gasteiger partial charge is 0.493 e. The summed E-state index contributed by atoms with van der Waals surface area (Å²) in [4.78, 5) is 0.201. The van der Waals surface area contributed by atoms with Crippen LogP contribution in [0.4, 0.5) is 0 Å². The lowest BCUT2D eigenvalue weighted by molar-refractivity contribution is 0.0730. The summed E-state index contributed by atoms with van der Waals surface area (Å²) < 4.78 is 44.0. The number of rotatable bonds is 9. The van der Waals surface area contributed by atoms with Crippen LogP contribution in [0.2, 0.25) is 0 Å². The molecule has 170 valence electrons. The van der Waals surface area contributed by atoms with E-state index in [1.54, 1.807) is 24.3 Å². The number of sulfonamides is 1. The summed E-state index contributed by atoms with van der Waals surface area (Å²) in [6.07, 6.45) is 0.964. The highest BCUT2D eigenvalue weighted by Crippen LogP contribution is 2.26. The van der Waals surface area contributed by atoms with Crippen LogP contribution < -0.4 is 4.74 Å². The third kappa shape index (κ3) is 5.50. The smallest absolute Gasteiger partial charge is 0.276 e. The lowest BCUT2D eigenvalue weighted by atomic mass is 10.2. The molecule has 0 amide bonds. The van der Waals surface area contributed by atoms with Gasteiger partial charge in [-0.05, 0) is 42.3 Å². The zero-order valence-corrected chi connectivity index (χ0v) is 19.4. The Kier molecular flexibility index (Phi) is 7.46. The van der Waals surface area contributed by atoms with E-state index in [9.17, 15) is 8.42 Å². The van der Waals surface area contributed by atoms with Crippen molar-refractivity contribution in [1.82, 2.24) is 14.5 Å². The van der Waals surface area contributed by atoms with E-state index >= 15 is 0 Å². The Hall–Kier alpha value is -2.40. The maximum Gasteiger partial charge on any atom is 0.276 e. The minimum atomic E-state index is -3.59. The standard InChI is InChI=1S/C22H25N3O5S2/c1-2-17-5-3-7-19(15-17)29-13-14-31-22-24-23-21(30-22)18-6-4-8-20(16-18)32(26,27)25-9-11-28-12-10-25/h3-8,15-16H,2,9-14H2,1H3. The predicted molar refractivity (Wildman–Crippen MR) is 121 cm³/mol. The SMILES string of the molecule is CCc1cccc(OCCSc2nnc(-c3cccc(S(=O)(=O)N4CCOCC4)c3)o2)c1. The average Bonchev–Trinajstić information content (AvgIpc) is 3.32. The number of aromatic nitrogens is 2. The van der Waals surface area contributed by atoms with Crippen LogP contribution in [0.1, 0.15) is 12.5 Å². The van der Waals surface area contributed by atoms with Gasteiger partial charge in [0.15, 0.2) is 0 Å². The fourth-order valence-corrected chi connectivity index (χ4v) is 5.29. The molecule has 2 aromatic carbocycles. The number of thioether (sulfide) groups is 1. The Morgan fingerprint density at radius 1 is 1.09 bits per heavy atom. The first kappa shape index (κ1) is 22.8. The topological polar surface area (TPSA) is 94.8 Å². The zero-order chi connectivity index (χ0) is 22.4. The molecule has 0 unspecified atom stereocenters. The van der Waals surface area contributed by atoms with Gasteiger partial charge in [0.05, 0.1) is 24.7 Å². The Balaban J connectivity index is 1.36. The van der Waals surface area contributed by atoms with Crippen LogP contribution in [0.15, 0.2) is 63.1 Å². The number of ether oxygens (including phenoxy) is 2. The molecule has 0 atom stereocenters. The number of nitrogens with zero attached hydrogens (tertiary/aromatic N) is 3. The molecule has 0 spiro atoms. The van der Waals surface area contributed by atoms with E-state index in [4.69, 9.17) is 13.9 Å². The van der Waals surface area contributed by atoms with Crippen molar-refractivity contribution in [3.05, 3.63) is 54.1 Å². The third-order valence-corrected chi connectivity index (χ3v) is 7.66. The first-order chi connectivity index (χ1) is 15.6. The lowest BCUT2D eigenvalue weighted by Crippen LogP contribution is -2.40. The highest BCUT2D eigenvalue weighted by molar-refractivity contribution is 7.99. The number of morpholine rings is 1. The van der Waals surface area contributed by atoms with Gasteiger partial charge in [0.1, 0.15) is 5.75 Å². The number of hydrogen-bond acceptors (Lipinski definition) is 8. The first-order valence-corrected chi connectivity index (χ1v) is 12.8. The molecule has 3 aromatic rings.